The summed E-state index contributed by atoms with van der Waals surface area (Å²) in [5, 5.41) is 0. The Morgan fingerprint density at radius 1 is 0.711 bits per heavy atom. The molecule has 4 radical (unpaired) electrons. The molecule has 222 valence electrons. The van der Waals surface area contributed by atoms with Crippen molar-refractivity contribution in [1.29, 1.82) is 0 Å². The summed E-state index contributed by atoms with van der Waals surface area (Å²) in [6, 6.07) is 0. The van der Waals surface area contributed by atoms with Gasteiger partial charge >= 0.3 is 29.2 Å². The van der Waals surface area contributed by atoms with Crippen LogP contribution in [0.25, 0.3) is 0 Å². The standard InChI is InChI=1S/2C15H26N2O.Au.ClH/c2*1-12(2)14-6-5-13(3)9-15(14)18-11-17-8-7-16(4)10-17;;/h2*7-8,12-15H,5-6,9,11H2,1-4H3;;1H/q;;+1;/p-1/t2*13-,14+,15-;;/m11../s1. The van der Waals surface area contributed by atoms with Crippen molar-refractivity contribution in [1.82, 2.24) is 19.6 Å². The second kappa shape index (κ2) is 17.4. The molecule has 4 aliphatic rings. The molecule has 0 unspecified atom stereocenters. The molecule has 4 rings (SSSR count). The van der Waals surface area contributed by atoms with Crippen LogP contribution in [0.5, 0.6) is 0 Å². The zero-order chi connectivity index (χ0) is 28.2. The predicted octanol–water partition coefficient (Wildman–Crippen LogP) is 6.96. The van der Waals surface area contributed by atoms with Crippen LogP contribution in [0.1, 0.15) is 80.1 Å². The summed E-state index contributed by atoms with van der Waals surface area (Å²) in [7, 11) is 8.55. The van der Waals surface area contributed by atoms with E-state index in [0.29, 0.717) is 49.3 Å². The SMILES string of the molecule is CC(C)[C@@H]1CC[C@@H](C)C[C@H]1OCN1[C]N(C)C=C1.CC(C)[C@@H]1CC[C@@H](C)C[C@H]1OCN1[C]N(C)C=C1.[Cl][Au]. The second-order valence-corrected chi connectivity index (χ2v) is 12.3. The first-order valence-electron chi connectivity index (χ1n) is 14.3. The van der Waals surface area contributed by atoms with Crippen molar-refractivity contribution in [3.8, 4) is 0 Å². The fourth-order valence-corrected chi connectivity index (χ4v) is 6.01. The predicted molar refractivity (Wildman–Crippen MR) is 152 cm³/mol. The summed E-state index contributed by atoms with van der Waals surface area (Å²) >= 11 is 1.75. The van der Waals surface area contributed by atoms with Crippen molar-refractivity contribution in [3.05, 3.63) is 38.1 Å². The van der Waals surface area contributed by atoms with E-state index < -0.39 is 0 Å². The van der Waals surface area contributed by atoms with Gasteiger partial charge in [-0.2, -0.15) is 0 Å². The van der Waals surface area contributed by atoms with E-state index >= 15 is 0 Å². The third-order valence-corrected chi connectivity index (χ3v) is 8.29. The Hall–Kier alpha value is -0.370. The summed E-state index contributed by atoms with van der Waals surface area (Å²) in [6.07, 6.45) is 16.6. The maximum absolute atomic E-state index is 6.15. The first-order chi connectivity index (χ1) is 18.1. The monoisotopic (exact) mass is 732 g/mol. The minimum atomic E-state index is 0.412. The molecule has 6 atom stereocenters. The van der Waals surface area contributed by atoms with Gasteiger partial charge in [0.2, 0.25) is 13.3 Å². The molecule has 2 aliphatic carbocycles. The number of rotatable bonds is 8. The Balaban J connectivity index is 0.000000251. The van der Waals surface area contributed by atoms with Crippen molar-refractivity contribution in [2.75, 3.05) is 27.6 Å². The Morgan fingerprint density at radius 3 is 1.37 bits per heavy atom. The van der Waals surface area contributed by atoms with Crippen molar-refractivity contribution >= 4 is 9.19 Å². The topological polar surface area (TPSA) is 31.4 Å². The molecular formula is C30H52AuClN4O2. The summed E-state index contributed by atoms with van der Waals surface area (Å²) in [4.78, 5) is 7.81. The molecule has 38 heavy (non-hydrogen) atoms. The second-order valence-electron chi connectivity index (χ2n) is 12.3. The van der Waals surface area contributed by atoms with Crippen LogP contribution in [0.2, 0.25) is 0 Å². The molecule has 0 spiro atoms. The summed E-state index contributed by atoms with van der Waals surface area (Å²) in [5.74, 6) is 4.46. The Labute approximate surface area is 250 Å². The Morgan fingerprint density at radius 2 is 1.08 bits per heavy atom. The van der Waals surface area contributed by atoms with Crippen molar-refractivity contribution in [2.24, 2.45) is 35.5 Å². The molecule has 2 fully saturated rings. The number of ether oxygens (including phenoxy) is 2. The normalized spacial score (nSPS) is 31.1. The van der Waals surface area contributed by atoms with Crippen LogP contribution in [-0.4, -0.2) is 59.4 Å². The van der Waals surface area contributed by atoms with E-state index in [2.05, 4.69) is 64.1 Å². The van der Waals surface area contributed by atoms with Crippen LogP contribution in [0.3, 0.4) is 0 Å². The molecule has 2 heterocycles. The molecule has 0 aromatic carbocycles. The van der Waals surface area contributed by atoms with Gasteiger partial charge < -0.3 is 29.1 Å². The Kier molecular flexibility index (Phi) is 15.5. The molecule has 2 saturated carbocycles. The van der Waals surface area contributed by atoms with Crippen LogP contribution in [-0.2, 0) is 29.5 Å². The summed E-state index contributed by atoms with van der Waals surface area (Å²) < 4.78 is 12.3. The third kappa shape index (κ3) is 11.2. The van der Waals surface area contributed by atoms with Crippen LogP contribution in [0, 0.1) is 48.8 Å². The number of hydrogen-bond acceptors (Lipinski definition) is 6. The van der Waals surface area contributed by atoms with E-state index in [1.165, 1.54) is 38.5 Å². The molecule has 0 bridgehead atoms. The molecule has 0 N–H and O–H groups in total. The summed E-state index contributed by atoms with van der Waals surface area (Å²) in [5.41, 5.74) is 0. The van der Waals surface area contributed by atoms with Gasteiger partial charge in [-0.05, 0) is 61.2 Å². The third-order valence-electron chi connectivity index (χ3n) is 8.29. The van der Waals surface area contributed by atoms with Gasteiger partial charge in [0.1, 0.15) is 13.5 Å². The van der Waals surface area contributed by atoms with E-state index in [4.69, 9.17) is 9.47 Å². The number of hydrogen-bond donors (Lipinski definition) is 0. The molecular weight excluding hydrogens is 681 g/mol. The fraction of sp³-hybridized carbons (Fsp3) is 0.800. The van der Waals surface area contributed by atoms with Crippen LogP contribution >= 0.6 is 9.19 Å². The van der Waals surface area contributed by atoms with Gasteiger partial charge in [-0.15, -0.1) is 0 Å². The average Bonchev–Trinajstić information content (AvgIpc) is 3.50. The van der Waals surface area contributed by atoms with Gasteiger partial charge in [-0.25, -0.2) is 0 Å². The van der Waals surface area contributed by atoms with E-state index in [0.717, 1.165) is 11.8 Å². The average molecular weight is 733 g/mol. The Bertz CT molecular complexity index is 652. The molecule has 0 aromatic rings. The van der Waals surface area contributed by atoms with Crippen LogP contribution in [0.4, 0.5) is 0 Å². The first kappa shape index (κ1) is 33.8. The van der Waals surface area contributed by atoms with Gasteiger partial charge in [0, 0.05) is 38.9 Å². The molecule has 0 saturated heterocycles. The van der Waals surface area contributed by atoms with Gasteiger partial charge in [0.25, 0.3) is 0 Å². The van der Waals surface area contributed by atoms with Gasteiger partial charge in [-0.3, -0.25) is 0 Å². The van der Waals surface area contributed by atoms with Gasteiger partial charge in [0.15, 0.2) is 0 Å². The van der Waals surface area contributed by atoms with Gasteiger partial charge in [-0.1, -0.05) is 54.4 Å². The van der Waals surface area contributed by atoms with E-state index in [9.17, 15) is 0 Å². The number of nitrogens with zero attached hydrogens (tertiary/aromatic N) is 4. The van der Waals surface area contributed by atoms with E-state index in [-0.39, 0.29) is 0 Å². The van der Waals surface area contributed by atoms with E-state index in [1.807, 2.05) is 58.5 Å². The quantitative estimate of drug-likeness (QED) is 0.251. The maximum atomic E-state index is 6.15. The minimum absolute atomic E-state index is 0.412. The van der Waals surface area contributed by atoms with E-state index in [1.54, 1.807) is 20.0 Å². The van der Waals surface area contributed by atoms with Crippen molar-refractivity contribution in [2.45, 2.75) is 92.3 Å². The fourth-order valence-electron chi connectivity index (χ4n) is 6.01. The molecule has 0 amide bonds. The molecule has 6 nitrogen and oxygen atoms in total. The zero-order valence-corrected chi connectivity index (χ0v) is 27.8. The number of halogens is 1. The summed E-state index contributed by atoms with van der Waals surface area (Å²) in [6.45, 7) is 21.6. The van der Waals surface area contributed by atoms with Gasteiger partial charge in [0.05, 0.1) is 12.2 Å². The van der Waals surface area contributed by atoms with Crippen LogP contribution < -0.4 is 0 Å². The zero-order valence-electron chi connectivity index (χ0n) is 24.9. The van der Waals surface area contributed by atoms with Crippen molar-refractivity contribution < 1.29 is 29.5 Å². The first-order valence-corrected chi connectivity index (χ1v) is 17.0. The van der Waals surface area contributed by atoms with Crippen molar-refractivity contribution in [3.63, 3.8) is 0 Å². The molecule has 0 aromatic heterocycles. The molecule has 8 heteroatoms. The van der Waals surface area contributed by atoms with Crippen LogP contribution in [0.15, 0.2) is 24.8 Å². The molecule has 2 aliphatic heterocycles.